The molecule has 2 aliphatic heterocycles. The van der Waals surface area contributed by atoms with Crippen molar-refractivity contribution in [2.24, 2.45) is 5.92 Å². The number of nitrogens with zero attached hydrogens (tertiary/aromatic N) is 3. The number of likely N-dealkylation sites (tertiary alicyclic amines) is 1. The summed E-state index contributed by atoms with van der Waals surface area (Å²) in [7, 11) is 0. The fourth-order valence-corrected chi connectivity index (χ4v) is 4.36. The fourth-order valence-electron chi connectivity index (χ4n) is 4.36. The lowest BCUT2D eigenvalue weighted by Crippen LogP contribution is -2.57. The molecule has 0 aliphatic carbocycles. The highest BCUT2D eigenvalue weighted by molar-refractivity contribution is 6.23. The van der Waals surface area contributed by atoms with Gasteiger partial charge in [-0.15, -0.1) is 12.4 Å². The zero-order chi connectivity index (χ0) is 23.6. The highest BCUT2D eigenvalue weighted by Gasteiger charge is 2.47. The van der Waals surface area contributed by atoms with E-state index in [1.807, 2.05) is 32.6 Å². The van der Waals surface area contributed by atoms with Crippen molar-refractivity contribution in [2.45, 2.75) is 52.6 Å². The van der Waals surface area contributed by atoms with E-state index >= 15 is 0 Å². The fraction of sp³-hybridized carbons (Fsp3) is 0.522. The zero-order valence-electron chi connectivity index (χ0n) is 19.3. The van der Waals surface area contributed by atoms with Crippen LogP contribution >= 0.6 is 12.4 Å². The average Bonchev–Trinajstić information content (AvgIpc) is 3.02. The molecule has 0 bridgehead atoms. The second kappa shape index (κ2) is 10.9. The maximum Gasteiger partial charge on any atom is 0.325 e. The van der Waals surface area contributed by atoms with Crippen molar-refractivity contribution in [3.05, 3.63) is 35.4 Å². The standard InChI is InChI=1S/C23H29N3O6.ClH/c1-5-24(6-2)19(14(3)4)23(31)32-13-25-18(27)12-11-17(22(25)30)26-20(28)15-9-7-8-10-16(15)21(26)29;/h7-10,14,17,19H,5-6,11-13H2,1-4H3;1H/t17-,19?;/m0./s1. The Labute approximate surface area is 199 Å². The average molecular weight is 480 g/mol. The van der Waals surface area contributed by atoms with Crippen LogP contribution in [0, 0.1) is 5.92 Å². The number of halogens is 1. The van der Waals surface area contributed by atoms with Gasteiger partial charge in [-0.1, -0.05) is 39.8 Å². The Bertz CT molecular complexity index is 911. The van der Waals surface area contributed by atoms with Crippen LogP contribution in [0.4, 0.5) is 0 Å². The third kappa shape index (κ3) is 4.94. The van der Waals surface area contributed by atoms with Gasteiger partial charge in [-0.2, -0.15) is 0 Å². The van der Waals surface area contributed by atoms with Crippen molar-refractivity contribution >= 4 is 42.0 Å². The predicted molar refractivity (Wildman–Crippen MR) is 122 cm³/mol. The van der Waals surface area contributed by atoms with Crippen molar-refractivity contribution < 1.29 is 28.7 Å². The largest absolute Gasteiger partial charge is 0.443 e. The number of amides is 4. The Morgan fingerprint density at radius 3 is 2.09 bits per heavy atom. The highest BCUT2D eigenvalue weighted by atomic mass is 35.5. The van der Waals surface area contributed by atoms with Crippen LogP contribution in [-0.2, 0) is 19.1 Å². The van der Waals surface area contributed by atoms with E-state index in [0.29, 0.717) is 13.1 Å². The molecule has 2 aliphatic rings. The Morgan fingerprint density at radius 2 is 1.61 bits per heavy atom. The summed E-state index contributed by atoms with van der Waals surface area (Å²) >= 11 is 0. The molecule has 1 saturated heterocycles. The van der Waals surface area contributed by atoms with E-state index in [1.165, 1.54) is 12.1 Å². The molecule has 0 saturated carbocycles. The number of rotatable bonds is 8. The number of benzene rings is 1. The van der Waals surface area contributed by atoms with Gasteiger partial charge in [0.05, 0.1) is 11.1 Å². The Morgan fingerprint density at radius 1 is 1.06 bits per heavy atom. The summed E-state index contributed by atoms with van der Waals surface area (Å²) in [5.74, 6) is -2.88. The minimum atomic E-state index is -1.11. The third-order valence-electron chi connectivity index (χ3n) is 6.04. The van der Waals surface area contributed by atoms with E-state index in [0.717, 1.165) is 9.80 Å². The molecule has 2 heterocycles. The number of fused-ring (bicyclic) bond motifs is 1. The lowest BCUT2D eigenvalue weighted by Gasteiger charge is -2.35. The molecule has 9 nitrogen and oxygen atoms in total. The van der Waals surface area contributed by atoms with E-state index < -0.39 is 48.4 Å². The summed E-state index contributed by atoms with van der Waals surface area (Å²) in [4.78, 5) is 67.5. The van der Waals surface area contributed by atoms with Crippen molar-refractivity contribution in [2.75, 3.05) is 19.8 Å². The zero-order valence-corrected chi connectivity index (χ0v) is 20.1. The van der Waals surface area contributed by atoms with E-state index in [9.17, 15) is 24.0 Å². The molecule has 1 unspecified atom stereocenters. The number of carbonyl (C=O) groups is 5. The first-order valence-corrected chi connectivity index (χ1v) is 10.9. The monoisotopic (exact) mass is 479 g/mol. The topological polar surface area (TPSA) is 104 Å². The normalized spacial score (nSPS) is 19.2. The first-order chi connectivity index (χ1) is 15.2. The summed E-state index contributed by atoms with van der Waals surface area (Å²) < 4.78 is 5.37. The van der Waals surface area contributed by atoms with Gasteiger partial charge in [0.25, 0.3) is 17.7 Å². The molecule has 33 heavy (non-hydrogen) atoms. The SMILES string of the molecule is CCN(CC)C(C(=O)OCN1C(=O)CC[C@H](N2C(=O)c3ccccc3C2=O)C1=O)C(C)C.Cl. The van der Waals surface area contributed by atoms with E-state index in [1.54, 1.807) is 12.1 Å². The van der Waals surface area contributed by atoms with Crippen LogP contribution in [-0.4, -0.2) is 76.2 Å². The first-order valence-electron chi connectivity index (χ1n) is 10.9. The van der Waals surface area contributed by atoms with Gasteiger partial charge in [-0.25, -0.2) is 4.90 Å². The smallest absolute Gasteiger partial charge is 0.325 e. The second-order valence-electron chi connectivity index (χ2n) is 8.24. The first kappa shape index (κ1) is 26.5. The Hall–Kier alpha value is -2.78. The van der Waals surface area contributed by atoms with Crippen molar-refractivity contribution in [3.63, 3.8) is 0 Å². The highest BCUT2D eigenvalue weighted by Crippen LogP contribution is 2.29. The summed E-state index contributed by atoms with van der Waals surface area (Å²) in [6, 6.07) is 4.74. The number of carbonyl (C=O) groups excluding carboxylic acids is 5. The molecule has 10 heteroatoms. The minimum Gasteiger partial charge on any atom is -0.443 e. The maximum atomic E-state index is 13.1. The maximum absolute atomic E-state index is 13.1. The molecule has 1 fully saturated rings. The number of imide groups is 2. The third-order valence-corrected chi connectivity index (χ3v) is 6.04. The van der Waals surface area contributed by atoms with Gasteiger partial charge in [0, 0.05) is 6.42 Å². The van der Waals surface area contributed by atoms with E-state index in [4.69, 9.17) is 4.74 Å². The van der Waals surface area contributed by atoms with Crippen LogP contribution in [0.5, 0.6) is 0 Å². The van der Waals surface area contributed by atoms with Gasteiger partial charge in [-0.3, -0.25) is 33.8 Å². The van der Waals surface area contributed by atoms with Crippen molar-refractivity contribution in [3.8, 4) is 0 Å². The van der Waals surface area contributed by atoms with Gasteiger partial charge in [0.1, 0.15) is 12.1 Å². The van der Waals surface area contributed by atoms with Gasteiger partial charge >= 0.3 is 5.97 Å². The van der Waals surface area contributed by atoms with Crippen LogP contribution < -0.4 is 0 Å². The predicted octanol–water partition coefficient (Wildman–Crippen LogP) is 2.09. The lowest BCUT2D eigenvalue weighted by atomic mass is 10.0. The van der Waals surface area contributed by atoms with Crippen LogP contribution in [0.2, 0.25) is 0 Å². The molecule has 0 spiro atoms. The molecule has 2 atom stereocenters. The van der Waals surface area contributed by atoms with Crippen LogP contribution in [0.25, 0.3) is 0 Å². The quantitative estimate of drug-likeness (QED) is 0.415. The van der Waals surface area contributed by atoms with Crippen molar-refractivity contribution in [1.82, 2.24) is 14.7 Å². The van der Waals surface area contributed by atoms with Gasteiger partial charge in [0.15, 0.2) is 6.73 Å². The summed E-state index contributed by atoms with van der Waals surface area (Å²) in [6.45, 7) is 8.45. The summed E-state index contributed by atoms with van der Waals surface area (Å²) in [5, 5.41) is 0. The molecule has 1 aromatic carbocycles. The molecular weight excluding hydrogens is 450 g/mol. The Balaban J connectivity index is 0.00000385. The number of likely N-dealkylation sites (N-methyl/N-ethyl adjacent to an activating group) is 1. The molecule has 180 valence electrons. The Kier molecular flexibility index (Phi) is 8.74. The number of piperidine rings is 1. The number of esters is 1. The van der Waals surface area contributed by atoms with Gasteiger partial charge < -0.3 is 4.74 Å². The van der Waals surface area contributed by atoms with Gasteiger partial charge in [0.2, 0.25) is 5.91 Å². The number of hydrogen-bond donors (Lipinski definition) is 0. The summed E-state index contributed by atoms with van der Waals surface area (Å²) in [6.07, 6.45) is 0.00661. The minimum absolute atomic E-state index is 0. The molecule has 4 amide bonds. The molecule has 0 N–H and O–H groups in total. The molecule has 1 aromatic rings. The summed E-state index contributed by atoms with van der Waals surface area (Å²) in [5.41, 5.74) is 0.471. The molecular formula is C23H30ClN3O6. The van der Waals surface area contributed by atoms with Crippen LogP contribution in [0.3, 0.4) is 0 Å². The lowest BCUT2D eigenvalue weighted by molar-refractivity contribution is -0.167. The molecule has 0 radical (unpaired) electrons. The van der Waals surface area contributed by atoms with E-state index in [-0.39, 0.29) is 42.3 Å². The van der Waals surface area contributed by atoms with Crippen LogP contribution in [0.15, 0.2) is 24.3 Å². The number of hydrogen-bond acceptors (Lipinski definition) is 7. The van der Waals surface area contributed by atoms with Gasteiger partial charge in [-0.05, 0) is 37.6 Å². The second-order valence-corrected chi connectivity index (χ2v) is 8.24. The molecule has 0 aromatic heterocycles. The molecule has 3 rings (SSSR count). The van der Waals surface area contributed by atoms with Crippen LogP contribution in [0.1, 0.15) is 61.3 Å². The number of ether oxygens (including phenoxy) is 1. The van der Waals surface area contributed by atoms with E-state index in [2.05, 4.69) is 0 Å². The van der Waals surface area contributed by atoms with Crippen molar-refractivity contribution in [1.29, 1.82) is 0 Å².